The number of aromatic nitrogens is 1. The summed E-state index contributed by atoms with van der Waals surface area (Å²) in [6, 6.07) is 10.1. The summed E-state index contributed by atoms with van der Waals surface area (Å²) in [6.07, 6.45) is 1.45. The minimum absolute atomic E-state index is 0.0295. The molecule has 4 atom stereocenters. The van der Waals surface area contributed by atoms with Crippen molar-refractivity contribution in [1.82, 2.24) is 14.4 Å². The summed E-state index contributed by atoms with van der Waals surface area (Å²) < 4.78 is 1.58. The highest BCUT2D eigenvalue weighted by Gasteiger charge is 2.42. The Hall–Kier alpha value is -3.01. The molecular formula is C25H30N4O5. The van der Waals surface area contributed by atoms with E-state index in [0.717, 1.165) is 17.7 Å². The van der Waals surface area contributed by atoms with E-state index in [1.807, 2.05) is 29.2 Å². The van der Waals surface area contributed by atoms with E-state index in [2.05, 4.69) is 13.8 Å². The fourth-order valence-corrected chi connectivity index (χ4v) is 5.84. The molecule has 2 aromatic rings. The lowest BCUT2D eigenvalue weighted by atomic mass is 9.82. The van der Waals surface area contributed by atoms with Gasteiger partial charge in [0, 0.05) is 49.4 Å². The fraction of sp³-hybridized carbons (Fsp3) is 0.480. The van der Waals surface area contributed by atoms with E-state index in [1.54, 1.807) is 15.5 Å². The molecule has 180 valence electrons. The van der Waals surface area contributed by atoms with E-state index >= 15 is 0 Å². The molecule has 3 aliphatic heterocycles. The fourth-order valence-electron chi connectivity index (χ4n) is 5.84. The highest BCUT2D eigenvalue weighted by molar-refractivity contribution is 6.01. The van der Waals surface area contributed by atoms with Gasteiger partial charge in [-0.25, -0.2) is 5.21 Å². The number of piperidine rings is 1. The number of rotatable bonds is 5. The molecule has 2 amide bonds. The lowest BCUT2D eigenvalue weighted by molar-refractivity contribution is -0.992. The minimum Gasteiger partial charge on any atom is -0.595 e. The van der Waals surface area contributed by atoms with E-state index in [4.69, 9.17) is 0 Å². The molecule has 5 rings (SSSR count). The van der Waals surface area contributed by atoms with Crippen LogP contribution in [-0.4, -0.2) is 50.5 Å². The molecule has 0 spiro atoms. The molecule has 0 saturated carbocycles. The van der Waals surface area contributed by atoms with Crippen molar-refractivity contribution in [3.05, 3.63) is 68.8 Å². The van der Waals surface area contributed by atoms with Crippen LogP contribution in [0.15, 0.2) is 41.2 Å². The Morgan fingerprint density at radius 2 is 1.91 bits per heavy atom. The molecule has 1 fully saturated rings. The SMILES string of the molecule is CC(C)CC(C(=O)N1CC2CC(C1)c1ccc([NH+]([O-])O)c(=O)n1C2)N1Cc2ccccc2C1=O. The van der Waals surface area contributed by atoms with Crippen LogP contribution < -0.4 is 10.8 Å². The lowest BCUT2D eigenvalue weighted by Gasteiger charge is -2.44. The maximum absolute atomic E-state index is 13.9. The van der Waals surface area contributed by atoms with Crippen molar-refractivity contribution in [1.29, 1.82) is 0 Å². The molecule has 4 heterocycles. The quantitative estimate of drug-likeness (QED) is 0.645. The zero-order valence-corrected chi connectivity index (χ0v) is 19.4. The molecule has 3 aliphatic rings. The van der Waals surface area contributed by atoms with Crippen LogP contribution in [0.5, 0.6) is 0 Å². The maximum Gasteiger partial charge on any atom is 0.315 e. The second-order valence-electron chi connectivity index (χ2n) is 10.2. The van der Waals surface area contributed by atoms with Crippen molar-refractivity contribution in [2.45, 2.75) is 51.7 Å². The first-order chi connectivity index (χ1) is 16.2. The van der Waals surface area contributed by atoms with Gasteiger partial charge in [0.15, 0.2) is 0 Å². The van der Waals surface area contributed by atoms with Crippen molar-refractivity contribution < 1.29 is 20.0 Å². The van der Waals surface area contributed by atoms with Crippen molar-refractivity contribution in [2.24, 2.45) is 11.8 Å². The summed E-state index contributed by atoms with van der Waals surface area (Å²) in [5, 5.41) is 19.5. The van der Waals surface area contributed by atoms with Gasteiger partial charge in [0.1, 0.15) is 6.04 Å². The molecule has 34 heavy (non-hydrogen) atoms. The van der Waals surface area contributed by atoms with E-state index in [-0.39, 0.29) is 35.3 Å². The van der Waals surface area contributed by atoms with Gasteiger partial charge in [0.05, 0.1) is 0 Å². The summed E-state index contributed by atoms with van der Waals surface area (Å²) in [5.74, 6) is 0.150. The van der Waals surface area contributed by atoms with E-state index in [1.165, 1.54) is 6.07 Å². The van der Waals surface area contributed by atoms with Crippen LogP contribution in [-0.2, 0) is 17.9 Å². The number of likely N-dealkylation sites (tertiary alicyclic amines) is 1. The van der Waals surface area contributed by atoms with Gasteiger partial charge >= 0.3 is 5.56 Å². The first-order valence-electron chi connectivity index (χ1n) is 11.9. The number of hydrogen-bond acceptors (Lipinski definition) is 5. The van der Waals surface area contributed by atoms with Crippen LogP contribution in [0.1, 0.15) is 54.2 Å². The van der Waals surface area contributed by atoms with Crippen LogP contribution in [0.2, 0.25) is 0 Å². The number of carbonyl (C=O) groups is 2. The topological polar surface area (TPSA) is 110 Å². The van der Waals surface area contributed by atoms with Crippen LogP contribution in [0, 0.1) is 17.0 Å². The van der Waals surface area contributed by atoms with Crippen LogP contribution in [0.4, 0.5) is 5.69 Å². The van der Waals surface area contributed by atoms with E-state index < -0.39 is 16.8 Å². The van der Waals surface area contributed by atoms with Gasteiger partial charge in [-0.3, -0.25) is 14.4 Å². The molecule has 0 radical (unpaired) electrons. The van der Waals surface area contributed by atoms with Crippen LogP contribution in [0.3, 0.4) is 0 Å². The first kappa shape index (κ1) is 22.8. The number of quaternary nitrogens is 1. The number of benzene rings is 1. The summed E-state index contributed by atoms with van der Waals surface area (Å²) in [4.78, 5) is 43.3. The van der Waals surface area contributed by atoms with Gasteiger partial charge in [-0.2, -0.15) is 5.23 Å². The average molecular weight is 467 g/mol. The van der Waals surface area contributed by atoms with Gasteiger partial charge in [-0.05, 0) is 42.4 Å². The smallest absolute Gasteiger partial charge is 0.315 e. The van der Waals surface area contributed by atoms with E-state index in [0.29, 0.717) is 38.2 Å². The monoisotopic (exact) mass is 466 g/mol. The molecule has 9 heteroatoms. The Labute approximate surface area is 197 Å². The number of fused-ring (bicyclic) bond motifs is 5. The third-order valence-corrected chi connectivity index (χ3v) is 7.35. The molecule has 1 aromatic carbocycles. The Morgan fingerprint density at radius 1 is 1.15 bits per heavy atom. The Morgan fingerprint density at radius 3 is 2.62 bits per heavy atom. The van der Waals surface area contributed by atoms with Crippen molar-refractivity contribution in [2.75, 3.05) is 13.1 Å². The van der Waals surface area contributed by atoms with Gasteiger partial charge in [0.2, 0.25) is 11.6 Å². The normalized spacial score (nSPS) is 23.0. The number of pyridine rings is 1. The molecule has 1 saturated heterocycles. The average Bonchev–Trinajstić information content (AvgIpc) is 3.13. The number of hydrogen-bond donors (Lipinski definition) is 2. The van der Waals surface area contributed by atoms with Gasteiger partial charge in [-0.1, -0.05) is 32.0 Å². The van der Waals surface area contributed by atoms with Crippen molar-refractivity contribution in [3.63, 3.8) is 0 Å². The molecule has 2 bridgehead atoms. The maximum atomic E-state index is 13.9. The number of nitrogens with one attached hydrogen (secondary N) is 1. The first-order valence-corrected chi connectivity index (χ1v) is 11.9. The van der Waals surface area contributed by atoms with Gasteiger partial charge < -0.3 is 19.6 Å². The second-order valence-corrected chi connectivity index (χ2v) is 10.2. The van der Waals surface area contributed by atoms with Gasteiger partial charge in [-0.15, -0.1) is 0 Å². The van der Waals surface area contributed by atoms with Crippen LogP contribution >= 0.6 is 0 Å². The van der Waals surface area contributed by atoms with Gasteiger partial charge in [0.25, 0.3) is 5.91 Å². The summed E-state index contributed by atoms with van der Waals surface area (Å²) in [7, 11) is 0. The summed E-state index contributed by atoms with van der Waals surface area (Å²) in [6.45, 7) is 5.92. The minimum atomic E-state index is -1.22. The standard InChI is InChI=1S/C25H30N4O5/c1-15(2)9-22(28-14-17-5-3-4-6-19(17)23(28)30)24(31)26-11-16-10-18(13-26)20-7-8-21(29(33)34)25(32)27(20)12-16/h3-8,15-16,18,22,29,33H,9-14H2,1-2H3. The molecule has 9 nitrogen and oxygen atoms in total. The molecule has 0 aliphatic carbocycles. The number of carbonyl (C=O) groups excluding carboxylic acids is 2. The number of nitrogens with zero attached hydrogens (tertiary/aromatic N) is 3. The Balaban J connectivity index is 1.41. The highest BCUT2D eigenvalue weighted by atomic mass is 16.8. The van der Waals surface area contributed by atoms with Crippen molar-refractivity contribution in [3.8, 4) is 0 Å². The molecule has 2 N–H and O–H groups in total. The predicted octanol–water partition coefficient (Wildman–Crippen LogP) is 1.27. The molecular weight excluding hydrogens is 436 g/mol. The largest absolute Gasteiger partial charge is 0.595 e. The zero-order chi connectivity index (χ0) is 24.1. The van der Waals surface area contributed by atoms with E-state index in [9.17, 15) is 24.8 Å². The van der Waals surface area contributed by atoms with Crippen LogP contribution in [0.25, 0.3) is 0 Å². The zero-order valence-electron chi connectivity index (χ0n) is 19.4. The third-order valence-electron chi connectivity index (χ3n) is 7.35. The highest BCUT2D eigenvalue weighted by Crippen LogP contribution is 2.36. The Bertz CT molecular complexity index is 1190. The summed E-state index contributed by atoms with van der Waals surface area (Å²) >= 11 is 0. The molecule has 1 aromatic heterocycles. The summed E-state index contributed by atoms with van der Waals surface area (Å²) in [5.41, 5.74) is 1.71. The third kappa shape index (κ3) is 3.83. The molecule has 4 unspecified atom stereocenters. The lowest BCUT2D eigenvalue weighted by Crippen LogP contribution is -3.00. The Kier molecular flexibility index (Phi) is 5.79. The van der Waals surface area contributed by atoms with Crippen molar-refractivity contribution >= 4 is 17.5 Å². The predicted molar refractivity (Wildman–Crippen MR) is 123 cm³/mol. The second kappa shape index (κ2) is 8.65. The number of amides is 2.